The van der Waals surface area contributed by atoms with Gasteiger partial charge in [-0.25, -0.2) is 14.6 Å². The van der Waals surface area contributed by atoms with Gasteiger partial charge in [-0.3, -0.25) is 0 Å². The van der Waals surface area contributed by atoms with E-state index in [4.69, 9.17) is 20.0 Å². The molecule has 2 N–H and O–H groups in total. The number of esters is 2. The van der Waals surface area contributed by atoms with Crippen LogP contribution in [0.15, 0.2) is 10.5 Å². The summed E-state index contributed by atoms with van der Waals surface area (Å²) in [6, 6.07) is 0. The summed E-state index contributed by atoms with van der Waals surface area (Å²) in [5, 5.41) is 5.60. The van der Waals surface area contributed by atoms with Gasteiger partial charge in [-0.1, -0.05) is 5.16 Å². The first-order valence-electron chi connectivity index (χ1n) is 7.34. The maximum Gasteiger partial charge on any atom is 0.362 e. The lowest BCUT2D eigenvalue weighted by molar-refractivity contribution is -0.179. The van der Waals surface area contributed by atoms with Gasteiger partial charge in [0.25, 0.3) is 0 Å². The van der Waals surface area contributed by atoms with Gasteiger partial charge in [0.05, 0.1) is 6.61 Å². The van der Waals surface area contributed by atoms with Crippen molar-refractivity contribution in [2.24, 2.45) is 5.16 Å². The van der Waals surface area contributed by atoms with Gasteiger partial charge in [-0.2, -0.15) is 0 Å². The molecule has 1 aromatic rings. The molecule has 0 amide bonds. The molecule has 1 rings (SSSR count). The summed E-state index contributed by atoms with van der Waals surface area (Å²) in [6.07, 6.45) is 0. The van der Waals surface area contributed by atoms with Gasteiger partial charge in [0.2, 0.25) is 11.3 Å². The van der Waals surface area contributed by atoms with E-state index >= 15 is 0 Å². The number of rotatable bonds is 6. The zero-order valence-electron chi connectivity index (χ0n) is 14.7. The minimum Gasteiger partial charge on any atom is -0.461 e. The summed E-state index contributed by atoms with van der Waals surface area (Å²) >= 11 is 1.15. The van der Waals surface area contributed by atoms with Crippen molar-refractivity contribution < 1.29 is 23.9 Å². The predicted molar refractivity (Wildman–Crippen MR) is 90.7 cm³/mol. The number of hydrogen-bond acceptors (Lipinski definition) is 9. The van der Waals surface area contributed by atoms with Crippen LogP contribution in [0.25, 0.3) is 0 Å². The van der Waals surface area contributed by atoms with Gasteiger partial charge in [-0.05, 0) is 41.5 Å². The van der Waals surface area contributed by atoms with Crippen LogP contribution in [0.3, 0.4) is 0 Å². The van der Waals surface area contributed by atoms with Gasteiger partial charge in [0.1, 0.15) is 11.3 Å². The largest absolute Gasteiger partial charge is 0.461 e. The van der Waals surface area contributed by atoms with E-state index in [9.17, 15) is 9.59 Å². The molecule has 0 aliphatic heterocycles. The van der Waals surface area contributed by atoms with Gasteiger partial charge >= 0.3 is 11.9 Å². The first-order valence-corrected chi connectivity index (χ1v) is 8.22. The third-order valence-electron chi connectivity index (χ3n) is 2.49. The average Bonchev–Trinajstić information content (AvgIpc) is 2.83. The second kappa shape index (κ2) is 7.61. The van der Waals surface area contributed by atoms with Crippen molar-refractivity contribution in [3.8, 4) is 0 Å². The lowest BCUT2D eigenvalue weighted by Gasteiger charge is -2.26. The first-order chi connectivity index (χ1) is 11.0. The molecule has 0 aromatic carbocycles. The van der Waals surface area contributed by atoms with Crippen LogP contribution in [0.4, 0.5) is 5.13 Å². The molecule has 0 saturated heterocycles. The number of carbonyl (C=O) groups is 2. The second-order valence-corrected chi connectivity index (χ2v) is 7.22. The van der Waals surface area contributed by atoms with Crippen molar-refractivity contribution in [3.63, 3.8) is 0 Å². The molecule has 0 aliphatic rings. The van der Waals surface area contributed by atoms with Gasteiger partial charge in [0.15, 0.2) is 5.13 Å². The Morgan fingerprint density at radius 3 is 2.38 bits per heavy atom. The summed E-state index contributed by atoms with van der Waals surface area (Å²) in [4.78, 5) is 33.5. The van der Waals surface area contributed by atoms with Gasteiger partial charge in [-0.15, -0.1) is 11.3 Å². The van der Waals surface area contributed by atoms with Crippen molar-refractivity contribution in [1.82, 2.24) is 4.98 Å². The molecular formula is C15H23N3O5S. The SMILES string of the molecule is CCOC(=O)C(=NOC(C)(C)C(=O)OC(C)(C)C)c1csc(N)n1. The Balaban J connectivity index is 3.02. The Hall–Kier alpha value is -2.16. The summed E-state index contributed by atoms with van der Waals surface area (Å²) in [5.41, 5.74) is 3.56. The molecule has 0 unspecified atom stereocenters. The van der Waals surface area contributed by atoms with E-state index in [0.29, 0.717) is 0 Å². The minimum absolute atomic E-state index is 0.160. The van der Waals surface area contributed by atoms with Crippen molar-refractivity contribution >= 4 is 34.1 Å². The highest BCUT2D eigenvalue weighted by Gasteiger charge is 2.36. The number of nitrogen functional groups attached to an aromatic ring is 1. The Kier molecular flexibility index (Phi) is 6.30. The Bertz CT molecular complexity index is 631. The van der Waals surface area contributed by atoms with Crippen molar-refractivity contribution in [3.05, 3.63) is 11.1 Å². The molecule has 8 nitrogen and oxygen atoms in total. The fourth-order valence-electron chi connectivity index (χ4n) is 1.38. The molecule has 1 heterocycles. The normalized spacial score (nSPS) is 12.7. The van der Waals surface area contributed by atoms with Crippen molar-refractivity contribution in [2.75, 3.05) is 12.3 Å². The molecule has 1 aromatic heterocycles. The van der Waals surface area contributed by atoms with E-state index in [0.717, 1.165) is 11.3 Å². The summed E-state index contributed by atoms with van der Waals surface area (Å²) in [7, 11) is 0. The van der Waals surface area contributed by atoms with E-state index < -0.39 is 23.1 Å². The zero-order chi connectivity index (χ0) is 18.5. The summed E-state index contributed by atoms with van der Waals surface area (Å²) in [5.74, 6) is -1.33. The van der Waals surface area contributed by atoms with E-state index in [1.807, 2.05) is 0 Å². The maximum absolute atomic E-state index is 12.2. The van der Waals surface area contributed by atoms with Gasteiger partial charge < -0.3 is 20.0 Å². The van der Waals surface area contributed by atoms with E-state index in [-0.39, 0.29) is 23.1 Å². The molecule has 0 saturated carbocycles. The lowest BCUT2D eigenvalue weighted by Crippen LogP contribution is -2.40. The van der Waals surface area contributed by atoms with E-state index in [1.165, 1.54) is 13.8 Å². The van der Waals surface area contributed by atoms with Crippen LogP contribution in [-0.2, 0) is 23.9 Å². The van der Waals surface area contributed by atoms with Crippen molar-refractivity contribution in [2.45, 2.75) is 52.7 Å². The van der Waals surface area contributed by atoms with Crippen LogP contribution in [0.1, 0.15) is 47.2 Å². The van der Waals surface area contributed by atoms with Crippen LogP contribution >= 0.6 is 11.3 Å². The summed E-state index contributed by atoms with van der Waals surface area (Å²) < 4.78 is 10.2. The fourth-order valence-corrected chi connectivity index (χ4v) is 1.93. The molecule has 0 fully saturated rings. The topological polar surface area (TPSA) is 113 Å². The number of thiazole rings is 1. The van der Waals surface area contributed by atoms with Crippen LogP contribution in [0, 0.1) is 0 Å². The Morgan fingerprint density at radius 2 is 1.92 bits per heavy atom. The number of nitrogens with two attached hydrogens (primary N) is 1. The van der Waals surface area contributed by atoms with Crippen LogP contribution in [-0.4, -0.2) is 40.4 Å². The molecule has 9 heteroatoms. The highest BCUT2D eigenvalue weighted by Crippen LogP contribution is 2.19. The zero-order valence-corrected chi connectivity index (χ0v) is 15.5. The third-order valence-corrected chi connectivity index (χ3v) is 3.16. The Morgan fingerprint density at radius 1 is 1.29 bits per heavy atom. The molecular weight excluding hydrogens is 334 g/mol. The number of anilines is 1. The quantitative estimate of drug-likeness (QED) is 0.471. The number of nitrogens with zero attached hydrogens (tertiary/aromatic N) is 2. The fraction of sp³-hybridized carbons (Fsp3) is 0.600. The molecule has 0 radical (unpaired) electrons. The molecule has 0 bridgehead atoms. The van der Waals surface area contributed by atoms with Crippen LogP contribution in [0.2, 0.25) is 0 Å². The maximum atomic E-state index is 12.2. The number of hydrogen-bond donors (Lipinski definition) is 1. The summed E-state index contributed by atoms with van der Waals surface area (Å²) in [6.45, 7) is 10.0. The third kappa shape index (κ3) is 5.80. The average molecular weight is 357 g/mol. The standard InChI is InChI=1S/C15H23N3O5S/c1-7-21-11(19)10(9-8-24-13(16)17-9)18-23-15(5,6)12(20)22-14(2,3)4/h8H,7H2,1-6H3,(H2,16,17). The van der Waals surface area contributed by atoms with Crippen LogP contribution in [0.5, 0.6) is 0 Å². The second-order valence-electron chi connectivity index (χ2n) is 6.33. The molecule has 0 spiro atoms. The monoisotopic (exact) mass is 357 g/mol. The van der Waals surface area contributed by atoms with Crippen molar-refractivity contribution in [1.29, 1.82) is 0 Å². The molecule has 0 atom stereocenters. The molecule has 134 valence electrons. The first kappa shape index (κ1) is 19.9. The smallest absolute Gasteiger partial charge is 0.362 e. The predicted octanol–water partition coefficient (Wildman–Crippen LogP) is 2.13. The van der Waals surface area contributed by atoms with Crippen LogP contribution < -0.4 is 5.73 Å². The number of ether oxygens (including phenoxy) is 2. The minimum atomic E-state index is -1.40. The molecule has 0 aliphatic carbocycles. The highest BCUT2D eigenvalue weighted by molar-refractivity contribution is 7.13. The Labute approximate surface area is 145 Å². The molecule has 24 heavy (non-hydrogen) atoms. The highest BCUT2D eigenvalue weighted by atomic mass is 32.1. The lowest BCUT2D eigenvalue weighted by atomic mass is 10.1. The van der Waals surface area contributed by atoms with Gasteiger partial charge in [0, 0.05) is 5.38 Å². The van der Waals surface area contributed by atoms with E-state index in [2.05, 4.69) is 10.1 Å². The van der Waals surface area contributed by atoms with E-state index in [1.54, 1.807) is 33.1 Å². The number of aromatic nitrogens is 1. The number of oxime groups is 1. The number of carbonyl (C=O) groups excluding carboxylic acids is 2.